The van der Waals surface area contributed by atoms with E-state index in [-0.39, 0.29) is 51.1 Å². The van der Waals surface area contributed by atoms with Gasteiger partial charge in [-0.1, -0.05) is 60.1 Å². The minimum atomic E-state index is -0.828. The average Bonchev–Trinajstić information content (AvgIpc) is 2.77. The van der Waals surface area contributed by atoms with E-state index in [1.165, 1.54) is 0 Å². The third kappa shape index (κ3) is 2.85. The van der Waals surface area contributed by atoms with Crippen molar-refractivity contribution in [3.8, 4) is 6.07 Å². The van der Waals surface area contributed by atoms with Crippen molar-refractivity contribution in [1.82, 2.24) is 0 Å². The van der Waals surface area contributed by atoms with Gasteiger partial charge in [0.15, 0.2) is 11.6 Å². The largest absolute Gasteiger partial charge is 0.481 e. The summed E-state index contributed by atoms with van der Waals surface area (Å²) in [6.07, 6.45) is 8.98. The average molecular weight is 492 g/mol. The molecule has 5 rings (SSSR count). The van der Waals surface area contributed by atoms with Crippen molar-refractivity contribution < 1.29 is 19.5 Å². The van der Waals surface area contributed by atoms with Crippen LogP contribution in [0, 0.1) is 61.6 Å². The molecule has 3 saturated carbocycles. The van der Waals surface area contributed by atoms with Gasteiger partial charge in [-0.15, -0.1) is 0 Å². The monoisotopic (exact) mass is 491 g/mol. The summed E-state index contributed by atoms with van der Waals surface area (Å²) >= 11 is 0. The summed E-state index contributed by atoms with van der Waals surface area (Å²) in [7, 11) is 0. The lowest BCUT2D eigenvalue weighted by Gasteiger charge is -2.68. The molecule has 7 atom stereocenters. The van der Waals surface area contributed by atoms with Crippen LogP contribution in [-0.2, 0) is 14.4 Å². The van der Waals surface area contributed by atoms with E-state index < -0.39 is 22.2 Å². The molecule has 1 unspecified atom stereocenters. The highest BCUT2D eigenvalue weighted by Crippen LogP contribution is 2.74. The minimum absolute atomic E-state index is 0.00880. The predicted molar refractivity (Wildman–Crippen MR) is 137 cm³/mol. The Morgan fingerprint density at radius 1 is 1.00 bits per heavy atom. The van der Waals surface area contributed by atoms with Crippen LogP contribution in [0.25, 0.3) is 0 Å². The molecule has 5 aliphatic carbocycles. The molecule has 1 N–H and O–H groups in total. The molecule has 0 saturated heterocycles. The highest BCUT2D eigenvalue weighted by atomic mass is 16.4. The molecule has 0 aliphatic heterocycles. The lowest BCUT2D eigenvalue weighted by molar-refractivity contribution is -0.188. The third-order valence-electron chi connectivity index (χ3n) is 12.3. The van der Waals surface area contributed by atoms with Gasteiger partial charge in [-0.25, -0.2) is 0 Å². The molecule has 0 bridgehead atoms. The molecular formula is C31H41NO4. The van der Waals surface area contributed by atoms with E-state index in [9.17, 15) is 24.8 Å². The molecule has 5 aliphatic rings. The number of hydrogen-bond acceptors (Lipinski definition) is 4. The van der Waals surface area contributed by atoms with Gasteiger partial charge in [0.05, 0.1) is 11.0 Å². The van der Waals surface area contributed by atoms with Gasteiger partial charge in [0.25, 0.3) is 0 Å². The molecule has 3 fully saturated rings. The summed E-state index contributed by atoms with van der Waals surface area (Å²) in [6, 6.07) is 2.15. The number of nitrogens with zero attached hydrogens (tertiary/aromatic N) is 1. The topological polar surface area (TPSA) is 95.2 Å². The Hall–Kier alpha value is -2.22. The lowest BCUT2D eigenvalue weighted by atomic mass is 9.34. The molecule has 5 nitrogen and oxygen atoms in total. The van der Waals surface area contributed by atoms with Crippen LogP contribution < -0.4 is 0 Å². The van der Waals surface area contributed by atoms with Crippen molar-refractivity contribution in [3.63, 3.8) is 0 Å². The number of allylic oxidation sites excluding steroid dienone is 4. The number of aliphatic carboxylic acids is 1. The fourth-order valence-electron chi connectivity index (χ4n) is 10.0. The molecular weight excluding hydrogens is 450 g/mol. The fourth-order valence-corrected chi connectivity index (χ4v) is 10.0. The van der Waals surface area contributed by atoms with E-state index in [1.54, 1.807) is 0 Å². The second kappa shape index (κ2) is 7.21. The van der Waals surface area contributed by atoms with Crippen LogP contribution in [0.3, 0.4) is 0 Å². The number of nitriles is 1. The zero-order valence-electron chi connectivity index (χ0n) is 23.0. The lowest BCUT2D eigenvalue weighted by Crippen LogP contribution is -2.65. The zero-order chi connectivity index (χ0) is 26.7. The van der Waals surface area contributed by atoms with E-state index in [0.29, 0.717) is 19.3 Å². The first-order chi connectivity index (χ1) is 16.5. The van der Waals surface area contributed by atoms with E-state index in [4.69, 9.17) is 0 Å². The maximum atomic E-state index is 14.2. The maximum Gasteiger partial charge on any atom is 0.309 e. The zero-order valence-corrected chi connectivity index (χ0v) is 23.0. The number of rotatable bonds is 1. The molecule has 0 amide bonds. The van der Waals surface area contributed by atoms with Crippen LogP contribution in [0.15, 0.2) is 23.3 Å². The van der Waals surface area contributed by atoms with Crippen LogP contribution in [-0.4, -0.2) is 22.6 Å². The number of carboxylic acids is 1. The van der Waals surface area contributed by atoms with E-state index >= 15 is 0 Å². The predicted octanol–water partition coefficient (Wildman–Crippen LogP) is 6.29. The number of ketones is 2. The normalized spacial score (nSPS) is 46.7. The Morgan fingerprint density at radius 2 is 1.64 bits per heavy atom. The SMILES string of the molecule is CC1(C)CC[C@]2(C(=O)O)CC[C@]3(C)[C@@H](C(=O)C=C4[C@@]5(C)C=C(C#N)C(=O)C(C)(C)C5CC[C@]43C)[C@@H]2C1. The summed E-state index contributed by atoms with van der Waals surface area (Å²) < 4.78 is 0. The van der Waals surface area contributed by atoms with E-state index in [0.717, 1.165) is 31.3 Å². The first kappa shape index (κ1) is 25.4. The number of fused-ring (bicyclic) bond motifs is 7. The Kier molecular flexibility index (Phi) is 5.09. The van der Waals surface area contributed by atoms with Gasteiger partial charge < -0.3 is 5.11 Å². The molecule has 0 aromatic heterocycles. The van der Waals surface area contributed by atoms with Crippen molar-refractivity contribution >= 4 is 17.5 Å². The number of Topliss-reactive ketones (excluding diaryl/α,β-unsaturated/α-hetero) is 1. The van der Waals surface area contributed by atoms with Crippen LogP contribution in [0.4, 0.5) is 0 Å². The Balaban J connectivity index is 1.71. The highest BCUT2D eigenvalue weighted by molar-refractivity contribution is 6.04. The van der Waals surface area contributed by atoms with Crippen molar-refractivity contribution in [2.24, 2.45) is 50.2 Å². The number of carbonyl (C=O) groups excluding carboxylic acids is 2. The molecule has 0 aromatic carbocycles. The second-order valence-corrected chi connectivity index (χ2v) is 14.7. The highest BCUT2D eigenvalue weighted by Gasteiger charge is 2.70. The minimum Gasteiger partial charge on any atom is -0.481 e. The van der Waals surface area contributed by atoms with Gasteiger partial charge in [0, 0.05) is 16.7 Å². The fraction of sp³-hybridized carbons (Fsp3) is 0.742. The van der Waals surface area contributed by atoms with Crippen LogP contribution in [0.2, 0.25) is 0 Å². The number of carbonyl (C=O) groups is 3. The van der Waals surface area contributed by atoms with E-state index in [2.05, 4.69) is 40.7 Å². The summed E-state index contributed by atoms with van der Waals surface area (Å²) in [4.78, 5) is 40.2. The molecule has 0 heterocycles. The van der Waals surface area contributed by atoms with Gasteiger partial charge >= 0.3 is 5.97 Å². The van der Waals surface area contributed by atoms with Gasteiger partial charge in [-0.05, 0) is 79.1 Å². The summed E-state index contributed by atoms with van der Waals surface area (Å²) in [5.74, 6) is -1.27. The maximum absolute atomic E-state index is 14.2. The first-order valence-electron chi connectivity index (χ1n) is 13.7. The van der Waals surface area contributed by atoms with Crippen LogP contribution in [0.5, 0.6) is 0 Å². The summed E-state index contributed by atoms with van der Waals surface area (Å²) in [6.45, 7) is 15.0. The second-order valence-electron chi connectivity index (χ2n) is 14.7. The van der Waals surface area contributed by atoms with Crippen molar-refractivity contribution in [2.45, 2.75) is 93.4 Å². The first-order valence-corrected chi connectivity index (χ1v) is 13.7. The van der Waals surface area contributed by atoms with Crippen molar-refractivity contribution in [1.29, 1.82) is 5.26 Å². The number of hydrogen-bond donors (Lipinski definition) is 1. The third-order valence-corrected chi connectivity index (χ3v) is 12.3. The smallest absolute Gasteiger partial charge is 0.309 e. The Morgan fingerprint density at radius 3 is 2.25 bits per heavy atom. The van der Waals surface area contributed by atoms with Crippen LogP contribution >= 0.6 is 0 Å². The molecule has 0 aromatic rings. The van der Waals surface area contributed by atoms with Gasteiger partial charge in [0.1, 0.15) is 6.07 Å². The van der Waals surface area contributed by atoms with Gasteiger partial charge in [-0.3, -0.25) is 14.4 Å². The van der Waals surface area contributed by atoms with E-state index in [1.807, 2.05) is 26.0 Å². The standard InChI is InChI=1S/C31H41NO4/c1-26(2)10-12-31(25(35)36)13-11-30(7)23(19(31)16-26)20(33)14-22-28(5)15-18(17-32)24(34)27(3,4)21(28)8-9-29(22,30)6/h14-15,19,21,23H,8-13,16H2,1-7H3,(H,35,36)/t19-,21?,23+,28-,29+,30+,31-/m0/s1. The van der Waals surface area contributed by atoms with Gasteiger partial charge in [-0.2, -0.15) is 5.26 Å². The number of carboxylic acid groups (broad SMARTS) is 1. The molecule has 0 spiro atoms. The van der Waals surface area contributed by atoms with Gasteiger partial charge in [0.2, 0.25) is 0 Å². The van der Waals surface area contributed by atoms with Crippen molar-refractivity contribution in [3.05, 3.63) is 23.3 Å². The molecule has 194 valence electrons. The molecule has 36 heavy (non-hydrogen) atoms. The Labute approximate surface area is 215 Å². The summed E-state index contributed by atoms with van der Waals surface area (Å²) in [5, 5.41) is 20.3. The molecule has 5 heteroatoms. The quantitative estimate of drug-likeness (QED) is 0.465. The summed E-state index contributed by atoms with van der Waals surface area (Å²) in [5.41, 5.74) is -1.49. The van der Waals surface area contributed by atoms with Crippen molar-refractivity contribution in [2.75, 3.05) is 0 Å². The Bertz CT molecular complexity index is 1180. The molecule has 0 radical (unpaired) electrons. The van der Waals surface area contributed by atoms with Crippen LogP contribution in [0.1, 0.15) is 93.4 Å².